The second-order valence-electron chi connectivity index (χ2n) is 5.37. The second-order valence-corrected chi connectivity index (χ2v) is 5.37. The molecule has 0 saturated carbocycles. The number of hydrogen-bond donors (Lipinski definition) is 1. The minimum atomic E-state index is -0.403. The normalized spacial score (nSPS) is 21.4. The Kier molecular flexibility index (Phi) is 5.26. The third-order valence-electron chi connectivity index (χ3n) is 3.63. The lowest BCUT2D eigenvalue weighted by atomic mass is 10.0. The minimum absolute atomic E-state index is 0.0724. The third kappa shape index (κ3) is 4.00. The van der Waals surface area contributed by atoms with Crippen LogP contribution in [0.3, 0.4) is 0 Å². The maximum atomic E-state index is 12.4. The lowest BCUT2D eigenvalue weighted by molar-refractivity contribution is 0.0315. The summed E-state index contributed by atoms with van der Waals surface area (Å²) in [6.45, 7) is 1.91. The van der Waals surface area contributed by atoms with Gasteiger partial charge in [-0.3, -0.25) is 0 Å². The van der Waals surface area contributed by atoms with Crippen molar-refractivity contribution in [2.24, 2.45) is 0 Å². The molecule has 2 rings (SSSR count). The molecule has 0 aromatic heterocycles. The minimum Gasteiger partial charge on any atom is -0.508 e. The summed E-state index contributed by atoms with van der Waals surface area (Å²) in [4.78, 5) is 12.4. The smallest absolute Gasteiger partial charge is 0.342 e. The van der Waals surface area contributed by atoms with E-state index in [2.05, 4.69) is 0 Å². The fraction of sp³-hybridized carbons (Fsp3) is 0.471. The van der Waals surface area contributed by atoms with Crippen LogP contribution >= 0.6 is 0 Å². The first-order valence-electron chi connectivity index (χ1n) is 7.40. The highest BCUT2D eigenvalue weighted by Gasteiger charge is 2.21. The number of aromatic hydroxyl groups is 1. The van der Waals surface area contributed by atoms with Crippen molar-refractivity contribution in [3.8, 4) is 11.5 Å². The van der Waals surface area contributed by atoms with Crippen LogP contribution in [0.2, 0.25) is 0 Å². The van der Waals surface area contributed by atoms with Crippen molar-refractivity contribution < 1.29 is 19.4 Å². The Hall–Kier alpha value is -1.97. The van der Waals surface area contributed by atoms with E-state index in [1.807, 2.05) is 19.1 Å². The summed E-state index contributed by atoms with van der Waals surface area (Å²) in [6, 6.07) is 3.00. The number of phenols is 1. The Labute approximate surface area is 125 Å². The number of phenolic OH excluding ortho intramolecular Hbond substituents is 1. The number of methoxy groups -OCH3 is 1. The van der Waals surface area contributed by atoms with Gasteiger partial charge in [-0.15, -0.1) is 0 Å². The highest BCUT2D eigenvalue weighted by molar-refractivity contribution is 5.97. The van der Waals surface area contributed by atoms with Crippen molar-refractivity contribution in [3.05, 3.63) is 29.3 Å². The van der Waals surface area contributed by atoms with E-state index in [4.69, 9.17) is 9.47 Å². The average Bonchev–Trinajstić information content (AvgIpc) is 2.44. The van der Waals surface area contributed by atoms with Crippen LogP contribution in [0, 0.1) is 0 Å². The van der Waals surface area contributed by atoms with Gasteiger partial charge in [0.1, 0.15) is 17.1 Å². The molecule has 21 heavy (non-hydrogen) atoms. The summed E-state index contributed by atoms with van der Waals surface area (Å²) in [6.07, 6.45) is 8.88. The Balaban J connectivity index is 2.44. The molecule has 1 aromatic carbocycles. The van der Waals surface area contributed by atoms with Crippen LogP contribution in [0.4, 0.5) is 0 Å². The van der Waals surface area contributed by atoms with Gasteiger partial charge in [-0.1, -0.05) is 18.6 Å². The maximum absolute atomic E-state index is 12.4. The van der Waals surface area contributed by atoms with E-state index in [1.165, 1.54) is 13.2 Å². The van der Waals surface area contributed by atoms with Crippen molar-refractivity contribution >= 4 is 12.0 Å². The van der Waals surface area contributed by atoms with Crippen LogP contribution < -0.4 is 4.74 Å². The molecule has 0 spiro atoms. The number of esters is 1. The molecule has 1 heterocycles. The molecule has 4 nitrogen and oxygen atoms in total. The van der Waals surface area contributed by atoms with E-state index >= 15 is 0 Å². The summed E-state index contributed by atoms with van der Waals surface area (Å²) in [7, 11) is 1.48. The van der Waals surface area contributed by atoms with Gasteiger partial charge in [0.2, 0.25) is 0 Å². The molecule has 1 atom stereocenters. The molecule has 1 aliphatic rings. The number of carbonyl (C=O) groups excluding carboxylic acids is 1. The average molecular weight is 290 g/mol. The first-order chi connectivity index (χ1) is 10.1. The van der Waals surface area contributed by atoms with Gasteiger partial charge in [-0.25, -0.2) is 4.79 Å². The number of allylic oxidation sites excluding steroid dienone is 1. The molecule has 4 heteroatoms. The van der Waals surface area contributed by atoms with E-state index in [-0.39, 0.29) is 11.9 Å². The standard InChI is InChI=1S/C17H22O4/c1-12-8-6-4-3-5-7-9-13-10-14(18)11-15(20-2)16(13)17(19)21-12/h7,9-12,18H,3-6,8H2,1-2H3/b9-7+/t12-/m1/s1. The molecule has 0 saturated heterocycles. The third-order valence-corrected chi connectivity index (χ3v) is 3.63. The number of cyclic esters (lactones) is 1. The molecule has 1 aliphatic heterocycles. The molecule has 1 aromatic rings. The zero-order chi connectivity index (χ0) is 15.2. The lowest BCUT2D eigenvalue weighted by Gasteiger charge is -2.17. The van der Waals surface area contributed by atoms with Gasteiger partial charge in [0, 0.05) is 6.07 Å². The predicted octanol–water partition coefficient (Wildman–Crippen LogP) is 3.92. The fourth-order valence-electron chi connectivity index (χ4n) is 2.51. The van der Waals surface area contributed by atoms with Crippen molar-refractivity contribution in [1.82, 2.24) is 0 Å². The van der Waals surface area contributed by atoms with Crippen molar-refractivity contribution in [3.63, 3.8) is 0 Å². The van der Waals surface area contributed by atoms with Crippen LogP contribution in [-0.2, 0) is 4.74 Å². The van der Waals surface area contributed by atoms with E-state index in [0.29, 0.717) is 16.9 Å². The number of ether oxygens (including phenoxy) is 2. The molecule has 1 N–H and O–H groups in total. The fourth-order valence-corrected chi connectivity index (χ4v) is 2.51. The van der Waals surface area contributed by atoms with E-state index in [1.54, 1.807) is 6.07 Å². The highest BCUT2D eigenvalue weighted by Crippen LogP contribution is 2.30. The van der Waals surface area contributed by atoms with Gasteiger partial charge < -0.3 is 14.6 Å². The topological polar surface area (TPSA) is 55.8 Å². The van der Waals surface area contributed by atoms with E-state index < -0.39 is 5.97 Å². The molecule has 114 valence electrons. The van der Waals surface area contributed by atoms with Gasteiger partial charge in [0.25, 0.3) is 0 Å². The molecule has 0 radical (unpaired) electrons. The maximum Gasteiger partial charge on any atom is 0.342 e. The Morgan fingerprint density at radius 2 is 2.10 bits per heavy atom. The molecule has 0 fully saturated rings. The highest BCUT2D eigenvalue weighted by atomic mass is 16.5. The zero-order valence-electron chi connectivity index (χ0n) is 12.6. The monoisotopic (exact) mass is 290 g/mol. The summed E-state index contributed by atoms with van der Waals surface area (Å²) >= 11 is 0. The van der Waals surface area contributed by atoms with Crippen LogP contribution in [0.5, 0.6) is 11.5 Å². The Bertz CT molecular complexity index is 534. The van der Waals surface area contributed by atoms with Crippen molar-refractivity contribution in [1.29, 1.82) is 0 Å². The SMILES string of the molecule is COc1cc(O)cc2c1C(=O)O[C@H](C)CCCCC/C=C/2. The summed E-state index contributed by atoms with van der Waals surface area (Å²) in [5, 5.41) is 9.76. The van der Waals surface area contributed by atoms with E-state index in [0.717, 1.165) is 32.1 Å². The van der Waals surface area contributed by atoms with Gasteiger partial charge >= 0.3 is 5.97 Å². The van der Waals surface area contributed by atoms with Crippen LogP contribution in [0.1, 0.15) is 54.9 Å². The van der Waals surface area contributed by atoms with Crippen LogP contribution in [0.25, 0.3) is 6.08 Å². The molecule has 0 unspecified atom stereocenters. The number of hydrogen-bond acceptors (Lipinski definition) is 4. The number of benzene rings is 1. The van der Waals surface area contributed by atoms with Gasteiger partial charge in [-0.05, 0) is 44.2 Å². The quantitative estimate of drug-likeness (QED) is 0.796. The molecular weight excluding hydrogens is 268 g/mol. The first-order valence-corrected chi connectivity index (χ1v) is 7.40. The lowest BCUT2D eigenvalue weighted by Crippen LogP contribution is -2.17. The predicted molar refractivity (Wildman–Crippen MR) is 81.7 cm³/mol. The molecule has 0 bridgehead atoms. The largest absolute Gasteiger partial charge is 0.508 e. The summed E-state index contributed by atoms with van der Waals surface area (Å²) in [5.41, 5.74) is 1.00. The van der Waals surface area contributed by atoms with Crippen molar-refractivity contribution in [2.75, 3.05) is 7.11 Å². The molecule has 0 aliphatic carbocycles. The molecular formula is C17H22O4. The van der Waals surface area contributed by atoms with Gasteiger partial charge in [0.15, 0.2) is 0 Å². The van der Waals surface area contributed by atoms with E-state index in [9.17, 15) is 9.90 Å². The Morgan fingerprint density at radius 1 is 1.29 bits per heavy atom. The summed E-state index contributed by atoms with van der Waals surface area (Å²) in [5.74, 6) is 0.00618. The van der Waals surface area contributed by atoms with Gasteiger partial charge in [0.05, 0.1) is 13.2 Å². The number of fused-ring (bicyclic) bond motifs is 1. The number of rotatable bonds is 1. The van der Waals surface area contributed by atoms with Crippen molar-refractivity contribution in [2.45, 2.75) is 45.1 Å². The first kappa shape index (κ1) is 15.4. The molecule has 0 amide bonds. The van der Waals surface area contributed by atoms with Crippen LogP contribution in [-0.4, -0.2) is 24.3 Å². The van der Waals surface area contributed by atoms with Gasteiger partial charge in [-0.2, -0.15) is 0 Å². The second kappa shape index (κ2) is 7.16. The van der Waals surface area contributed by atoms with Crippen LogP contribution in [0.15, 0.2) is 18.2 Å². The summed E-state index contributed by atoms with van der Waals surface area (Å²) < 4.78 is 10.7. The Morgan fingerprint density at radius 3 is 2.86 bits per heavy atom. The zero-order valence-corrected chi connectivity index (χ0v) is 12.6. The number of carbonyl (C=O) groups is 1.